The Balaban J connectivity index is 3.28. The molecule has 0 bridgehead atoms. The molecule has 0 aromatic heterocycles. The van der Waals surface area contributed by atoms with E-state index in [1.807, 2.05) is 6.92 Å². The maximum Gasteiger partial charge on any atom is 0.333 e. The van der Waals surface area contributed by atoms with E-state index < -0.39 is 0 Å². The summed E-state index contributed by atoms with van der Waals surface area (Å²) in [6.07, 6.45) is 10.2. The maximum absolute atomic E-state index is 11.3. The van der Waals surface area contributed by atoms with Crippen LogP contribution in [0.1, 0.15) is 78.1 Å². The monoisotopic (exact) mass is 312 g/mol. The topological polar surface area (TPSA) is 52.6 Å². The molecule has 128 valence electrons. The number of unbranched alkanes of at least 4 members (excludes halogenated alkanes) is 7. The molecule has 0 aliphatic carbocycles. The van der Waals surface area contributed by atoms with Crippen LogP contribution < -0.4 is 0 Å². The molecular formula is C18H32O4. The molecule has 0 aliphatic rings. The molecule has 0 spiro atoms. The van der Waals surface area contributed by atoms with Crippen molar-refractivity contribution in [2.45, 2.75) is 78.1 Å². The molecular weight excluding hydrogens is 280 g/mol. The van der Waals surface area contributed by atoms with Gasteiger partial charge in [-0.1, -0.05) is 45.1 Å². The largest absolute Gasteiger partial charge is 0.466 e. The van der Waals surface area contributed by atoms with Crippen molar-refractivity contribution in [3.8, 4) is 0 Å². The zero-order valence-electron chi connectivity index (χ0n) is 14.3. The van der Waals surface area contributed by atoms with Crippen LogP contribution in [-0.2, 0) is 19.1 Å². The second-order valence-corrected chi connectivity index (χ2v) is 5.46. The summed E-state index contributed by atoms with van der Waals surface area (Å²) in [7, 11) is 0. The fraction of sp³-hybridized carbons (Fsp3) is 0.778. The highest BCUT2D eigenvalue weighted by Gasteiger charge is 2.06. The van der Waals surface area contributed by atoms with Crippen molar-refractivity contribution in [2.75, 3.05) is 13.2 Å². The molecule has 0 aliphatic heterocycles. The first-order chi connectivity index (χ1) is 10.6. The molecule has 0 atom stereocenters. The minimum Gasteiger partial charge on any atom is -0.466 e. The van der Waals surface area contributed by atoms with Crippen LogP contribution in [0.25, 0.3) is 0 Å². The van der Waals surface area contributed by atoms with E-state index in [-0.39, 0.29) is 11.9 Å². The summed E-state index contributed by atoms with van der Waals surface area (Å²) >= 11 is 0. The zero-order valence-corrected chi connectivity index (χ0v) is 14.3. The second-order valence-electron chi connectivity index (χ2n) is 5.46. The Labute approximate surface area is 135 Å². The van der Waals surface area contributed by atoms with Gasteiger partial charge in [0.05, 0.1) is 13.2 Å². The minimum atomic E-state index is -0.260. The van der Waals surface area contributed by atoms with Crippen LogP contribution >= 0.6 is 0 Å². The minimum absolute atomic E-state index is 0.0793. The van der Waals surface area contributed by atoms with Crippen LogP contribution in [0.3, 0.4) is 0 Å². The van der Waals surface area contributed by atoms with Gasteiger partial charge in [-0.3, -0.25) is 4.79 Å². The first kappa shape index (κ1) is 20.7. The average Bonchev–Trinajstić information content (AvgIpc) is 2.49. The highest BCUT2D eigenvalue weighted by molar-refractivity contribution is 5.87. The smallest absolute Gasteiger partial charge is 0.333 e. The van der Waals surface area contributed by atoms with E-state index in [2.05, 4.69) is 6.58 Å². The van der Waals surface area contributed by atoms with Gasteiger partial charge in [0.15, 0.2) is 0 Å². The Morgan fingerprint density at radius 3 is 1.68 bits per heavy atom. The molecule has 0 aromatic carbocycles. The lowest BCUT2D eigenvalue weighted by Gasteiger charge is -2.05. The SMILES string of the molecule is C=C(CCCCCCCCCCC(=O)OCC)C(=O)OCC. The summed E-state index contributed by atoms with van der Waals surface area (Å²) < 4.78 is 9.78. The van der Waals surface area contributed by atoms with Crippen LogP contribution in [0, 0.1) is 0 Å². The summed E-state index contributed by atoms with van der Waals surface area (Å²) in [5.74, 6) is -0.339. The predicted octanol–water partition coefficient (Wildman–Crippen LogP) is 4.57. The molecule has 4 heteroatoms. The Bertz CT molecular complexity index is 323. The van der Waals surface area contributed by atoms with E-state index in [0.717, 1.165) is 32.1 Å². The third kappa shape index (κ3) is 12.4. The number of ether oxygens (including phenoxy) is 2. The normalized spacial score (nSPS) is 10.3. The van der Waals surface area contributed by atoms with Gasteiger partial charge < -0.3 is 9.47 Å². The van der Waals surface area contributed by atoms with Crippen LogP contribution in [0.5, 0.6) is 0 Å². The van der Waals surface area contributed by atoms with Gasteiger partial charge in [0.2, 0.25) is 0 Å². The van der Waals surface area contributed by atoms with Crippen molar-refractivity contribution >= 4 is 11.9 Å². The van der Waals surface area contributed by atoms with Gasteiger partial charge in [-0.15, -0.1) is 0 Å². The Hall–Kier alpha value is -1.32. The van der Waals surface area contributed by atoms with Crippen molar-refractivity contribution in [3.63, 3.8) is 0 Å². The molecule has 0 aromatic rings. The molecule has 0 unspecified atom stereocenters. The van der Waals surface area contributed by atoms with Crippen LogP contribution in [0.4, 0.5) is 0 Å². The van der Waals surface area contributed by atoms with Gasteiger partial charge in [0, 0.05) is 12.0 Å². The van der Waals surface area contributed by atoms with Crippen molar-refractivity contribution in [1.29, 1.82) is 0 Å². The Morgan fingerprint density at radius 1 is 0.727 bits per heavy atom. The van der Waals surface area contributed by atoms with E-state index >= 15 is 0 Å². The van der Waals surface area contributed by atoms with Crippen molar-refractivity contribution in [3.05, 3.63) is 12.2 Å². The molecule has 22 heavy (non-hydrogen) atoms. The van der Waals surface area contributed by atoms with E-state index in [9.17, 15) is 9.59 Å². The fourth-order valence-electron chi connectivity index (χ4n) is 2.24. The van der Waals surface area contributed by atoms with E-state index in [1.165, 1.54) is 25.7 Å². The van der Waals surface area contributed by atoms with Crippen LogP contribution in [0.15, 0.2) is 12.2 Å². The number of rotatable bonds is 14. The highest BCUT2D eigenvalue weighted by atomic mass is 16.5. The lowest BCUT2D eigenvalue weighted by Crippen LogP contribution is -2.06. The molecule has 0 rings (SSSR count). The molecule has 0 N–H and O–H groups in total. The Morgan fingerprint density at radius 2 is 1.18 bits per heavy atom. The Kier molecular flexibility index (Phi) is 13.7. The summed E-state index contributed by atoms with van der Waals surface area (Å²) in [4.78, 5) is 22.5. The summed E-state index contributed by atoms with van der Waals surface area (Å²) in [6, 6.07) is 0. The maximum atomic E-state index is 11.3. The standard InChI is InChI=1S/C18H32O4/c1-4-21-17(19)15-13-11-9-7-6-8-10-12-14-16(3)18(20)22-5-2/h3-15H2,1-2H3. The summed E-state index contributed by atoms with van der Waals surface area (Å²) in [5.41, 5.74) is 0.584. The van der Waals surface area contributed by atoms with Crippen LogP contribution in [0.2, 0.25) is 0 Å². The van der Waals surface area contributed by atoms with Gasteiger partial charge in [0.25, 0.3) is 0 Å². The fourth-order valence-corrected chi connectivity index (χ4v) is 2.24. The first-order valence-corrected chi connectivity index (χ1v) is 8.62. The first-order valence-electron chi connectivity index (χ1n) is 8.62. The van der Waals surface area contributed by atoms with Crippen molar-refractivity contribution in [2.24, 2.45) is 0 Å². The van der Waals surface area contributed by atoms with E-state index in [0.29, 0.717) is 25.2 Å². The molecule has 0 heterocycles. The van der Waals surface area contributed by atoms with Gasteiger partial charge in [0.1, 0.15) is 0 Å². The lowest BCUT2D eigenvalue weighted by molar-refractivity contribution is -0.143. The lowest BCUT2D eigenvalue weighted by atomic mass is 10.0. The van der Waals surface area contributed by atoms with E-state index in [1.54, 1.807) is 6.92 Å². The van der Waals surface area contributed by atoms with Gasteiger partial charge in [-0.05, 0) is 33.1 Å². The van der Waals surface area contributed by atoms with Gasteiger partial charge >= 0.3 is 11.9 Å². The zero-order chi connectivity index (χ0) is 16.6. The van der Waals surface area contributed by atoms with Crippen molar-refractivity contribution in [1.82, 2.24) is 0 Å². The van der Waals surface area contributed by atoms with Crippen molar-refractivity contribution < 1.29 is 19.1 Å². The highest BCUT2D eigenvalue weighted by Crippen LogP contribution is 2.13. The third-order valence-electron chi connectivity index (χ3n) is 3.48. The summed E-state index contributed by atoms with van der Waals surface area (Å²) in [5, 5.41) is 0. The molecule has 0 fully saturated rings. The molecule has 0 saturated carbocycles. The van der Waals surface area contributed by atoms with Crippen LogP contribution in [-0.4, -0.2) is 25.2 Å². The van der Waals surface area contributed by atoms with Gasteiger partial charge in [-0.25, -0.2) is 4.79 Å². The molecule has 0 radical (unpaired) electrons. The number of hydrogen-bond acceptors (Lipinski definition) is 4. The summed E-state index contributed by atoms with van der Waals surface area (Å²) in [6.45, 7) is 8.28. The van der Waals surface area contributed by atoms with Gasteiger partial charge in [-0.2, -0.15) is 0 Å². The average molecular weight is 312 g/mol. The third-order valence-corrected chi connectivity index (χ3v) is 3.48. The number of carbonyl (C=O) groups is 2. The predicted molar refractivity (Wildman–Crippen MR) is 88.6 cm³/mol. The molecule has 0 saturated heterocycles. The molecule has 4 nitrogen and oxygen atoms in total. The quantitative estimate of drug-likeness (QED) is 0.268. The number of carbonyl (C=O) groups excluding carboxylic acids is 2. The second kappa shape index (κ2) is 14.6. The molecule has 0 amide bonds. The number of hydrogen-bond donors (Lipinski definition) is 0. The number of esters is 2. The van der Waals surface area contributed by atoms with E-state index in [4.69, 9.17) is 9.47 Å².